The Labute approximate surface area is 128 Å². The maximum Gasteiger partial charge on any atom is 1.00 e. The molecule has 0 aromatic carbocycles. The minimum atomic E-state index is -5.18. The number of carbonyl (C=O) groups excluding carboxylic acids is 1. The van der Waals surface area contributed by atoms with Crippen LogP contribution >= 0.6 is 0 Å². The minimum absolute atomic E-state index is 0. The van der Waals surface area contributed by atoms with E-state index >= 15 is 0 Å². The van der Waals surface area contributed by atoms with Gasteiger partial charge in [0.25, 0.3) is 0 Å². The van der Waals surface area contributed by atoms with Gasteiger partial charge in [0, 0.05) is 6.54 Å². The van der Waals surface area contributed by atoms with Gasteiger partial charge < -0.3 is 9.45 Å². The summed E-state index contributed by atoms with van der Waals surface area (Å²) >= 11 is 0. The zero-order chi connectivity index (χ0) is 13.7. The Morgan fingerprint density at radius 2 is 1.89 bits per heavy atom. The average Bonchev–Trinajstić information content (AvgIpc) is 2.40. The van der Waals surface area contributed by atoms with E-state index in [-0.39, 0.29) is 54.0 Å². The molecule has 2 bridgehead atoms. The molecule has 0 saturated carbocycles. The van der Waals surface area contributed by atoms with Crippen molar-refractivity contribution in [2.45, 2.75) is 31.1 Å². The van der Waals surface area contributed by atoms with E-state index in [1.165, 1.54) is 0 Å². The molecule has 2 aliphatic heterocycles. The topological polar surface area (TPSA) is 90.0 Å². The second kappa shape index (κ2) is 5.37. The summed E-state index contributed by atoms with van der Waals surface area (Å²) in [6.45, 7) is -0.307. The summed E-state index contributed by atoms with van der Waals surface area (Å²) < 4.78 is 72.8. The molecule has 2 rings (SSSR count). The normalized spacial score (nSPS) is 27.5. The number of carbonyl (C=O) groups is 1. The van der Waals surface area contributed by atoms with Gasteiger partial charge in [-0.05, 0) is 12.8 Å². The third kappa shape index (κ3) is 3.52. The predicted molar refractivity (Wildman–Crippen MR) is 47.6 cm³/mol. The van der Waals surface area contributed by atoms with Crippen molar-refractivity contribution >= 4 is 16.4 Å². The number of nitrogens with zero attached hydrogens (tertiary/aromatic N) is 2. The number of amides is 2. The summed E-state index contributed by atoms with van der Waals surface area (Å²) in [5, 5.41) is 0.216. The Morgan fingerprint density at radius 3 is 2.37 bits per heavy atom. The molecule has 104 valence electrons. The van der Waals surface area contributed by atoms with E-state index in [2.05, 4.69) is 4.28 Å². The summed E-state index contributed by atoms with van der Waals surface area (Å²) in [5.41, 5.74) is 0. The monoisotopic (exact) mass is 312 g/mol. The number of rotatable bonds is 2. The van der Waals surface area contributed by atoms with Crippen molar-refractivity contribution in [3.63, 3.8) is 0 Å². The molecule has 0 aromatic rings. The molecule has 0 radical (unpaired) electrons. The van der Waals surface area contributed by atoms with Crippen molar-refractivity contribution < 1.29 is 64.8 Å². The molecule has 19 heavy (non-hydrogen) atoms. The summed E-state index contributed by atoms with van der Waals surface area (Å²) in [4.78, 5) is 12.0. The van der Waals surface area contributed by atoms with Gasteiger partial charge in [-0.3, -0.25) is 0 Å². The number of alkyl halides is 3. The first kappa shape index (κ1) is 17.0. The first-order chi connectivity index (χ1) is 8.09. The average molecular weight is 312 g/mol. The van der Waals surface area contributed by atoms with Gasteiger partial charge in [0.1, 0.15) is 6.04 Å². The van der Waals surface area contributed by atoms with Gasteiger partial charge in [-0.25, -0.2) is 13.2 Å². The van der Waals surface area contributed by atoms with Crippen molar-refractivity contribution in [1.29, 1.82) is 0 Å². The molecule has 2 saturated heterocycles. The molecule has 0 aliphatic carbocycles. The van der Waals surface area contributed by atoms with Crippen LogP contribution in [0.15, 0.2) is 0 Å². The number of hydrogen-bond donors (Lipinski definition) is 0. The molecule has 2 aliphatic rings. The van der Waals surface area contributed by atoms with Crippen molar-refractivity contribution in [3.8, 4) is 0 Å². The zero-order valence-electron chi connectivity index (χ0n) is 9.75. The Bertz CT molecular complexity index is 470. The Kier molecular flexibility index (Phi) is 4.80. The molecule has 0 aromatic heterocycles. The van der Waals surface area contributed by atoms with Crippen LogP contribution in [0.3, 0.4) is 0 Å². The molecule has 2 amide bonds. The van der Waals surface area contributed by atoms with E-state index in [9.17, 15) is 30.9 Å². The van der Waals surface area contributed by atoms with Crippen molar-refractivity contribution in [3.05, 3.63) is 0 Å². The number of fused-ring (bicyclic) bond motifs is 2. The van der Waals surface area contributed by atoms with Gasteiger partial charge in [-0.1, -0.05) is 0 Å². The van der Waals surface area contributed by atoms with Crippen molar-refractivity contribution in [2.75, 3.05) is 6.54 Å². The standard InChI is InChI=1S/C7H9F3N2O5S.Na/c8-7(9,10)5-2-1-4-3-11(5)6(13)12(4)17-18(14,15)16;/h4-5H,1-3H2,(H,14,15,16);/q;+1/p-1/t4-,5+;/m1./s1. The fraction of sp³-hybridized carbons (Fsp3) is 0.857. The van der Waals surface area contributed by atoms with Gasteiger partial charge in [0.15, 0.2) is 0 Å². The molecule has 12 heteroatoms. The molecule has 2 heterocycles. The van der Waals surface area contributed by atoms with E-state index in [1.807, 2.05) is 0 Å². The number of halogens is 3. The Balaban J connectivity index is 0.00000180. The SMILES string of the molecule is O=C1N2C[C@@H](CC[C@H]2C(F)(F)F)N1OS(=O)(=O)[O-].[Na+]. The number of hydroxylamine groups is 2. The van der Waals surface area contributed by atoms with Crippen LogP contribution in [-0.4, -0.2) is 53.8 Å². The second-order valence-electron chi connectivity index (χ2n) is 4.03. The predicted octanol–water partition coefficient (Wildman–Crippen LogP) is -2.79. The number of hydrogen-bond acceptors (Lipinski definition) is 5. The van der Waals surface area contributed by atoms with E-state index < -0.39 is 34.7 Å². The van der Waals surface area contributed by atoms with Crippen LogP contribution in [-0.2, 0) is 14.7 Å². The van der Waals surface area contributed by atoms with Crippen LogP contribution in [0.25, 0.3) is 0 Å². The Morgan fingerprint density at radius 1 is 1.32 bits per heavy atom. The van der Waals surface area contributed by atoms with Crippen LogP contribution in [0.5, 0.6) is 0 Å². The first-order valence-electron chi connectivity index (χ1n) is 4.91. The number of urea groups is 1. The minimum Gasteiger partial charge on any atom is -0.724 e. The molecular weight excluding hydrogens is 304 g/mol. The van der Waals surface area contributed by atoms with Gasteiger partial charge >= 0.3 is 41.8 Å². The van der Waals surface area contributed by atoms with Gasteiger partial charge in [-0.15, -0.1) is 0 Å². The fourth-order valence-electron chi connectivity index (χ4n) is 2.17. The molecule has 2 fully saturated rings. The first-order valence-corrected chi connectivity index (χ1v) is 6.25. The smallest absolute Gasteiger partial charge is 0.724 e. The van der Waals surface area contributed by atoms with Crippen molar-refractivity contribution in [1.82, 2.24) is 9.96 Å². The summed E-state index contributed by atoms with van der Waals surface area (Å²) in [5.74, 6) is 0. The molecule has 2 atom stereocenters. The summed E-state index contributed by atoms with van der Waals surface area (Å²) in [6.07, 6.45) is -5.02. The number of piperidine rings is 1. The third-order valence-electron chi connectivity index (χ3n) is 2.87. The molecule has 0 N–H and O–H groups in total. The summed E-state index contributed by atoms with van der Waals surface area (Å²) in [6, 6.07) is -4.07. The Hall–Kier alpha value is -0.0700. The molecular formula is C7H8F3N2NaO5S. The van der Waals surface area contributed by atoms with E-state index in [0.29, 0.717) is 4.90 Å². The quantitative estimate of drug-likeness (QED) is 0.312. The van der Waals surface area contributed by atoms with Crippen LogP contribution in [0.2, 0.25) is 0 Å². The molecule has 7 nitrogen and oxygen atoms in total. The fourth-order valence-corrected chi connectivity index (χ4v) is 2.55. The second-order valence-corrected chi connectivity index (χ2v) is 5.00. The maximum atomic E-state index is 12.6. The largest absolute Gasteiger partial charge is 1.00 e. The van der Waals surface area contributed by atoms with E-state index in [4.69, 9.17) is 0 Å². The zero-order valence-corrected chi connectivity index (χ0v) is 12.6. The van der Waals surface area contributed by atoms with Gasteiger partial charge in [0.2, 0.25) is 10.4 Å². The molecule has 0 spiro atoms. The van der Waals surface area contributed by atoms with Gasteiger partial charge in [0.05, 0.1) is 6.04 Å². The van der Waals surface area contributed by atoms with Gasteiger partial charge in [-0.2, -0.15) is 22.5 Å². The van der Waals surface area contributed by atoms with Crippen LogP contribution in [0.1, 0.15) is 12.8 Å². The van der Waals surface area contributed by atoms with Crippen LogP contribution in [0, 0.1) is 0 Å². The maximum absolute atomic E-state index is 12.6. The summed E-state index contributed by atoms with van der Waals surface area (Å²) in [7, 11) is -5.18. The van der Waals surface area contributed by atoms with E-state index in [0.717, 1.165) is 0 Å². The van der Waals surface area contributed by atoms with Crippen molar-refractivity contribution in [2.24, 2.45) is 0 Å². The third-order valence-corrected chi connectivity index (χ3v) is 3.22. The molecule has 0 unspecified atom stereocenters. The van der Waals surface area contributed by atoms with Crippen LogP contribution in [0.4, 0.5) is 18.0 Å². The van der Waals surface area contributed by atoms with E-state index in [1.54, 1.807) is 0 Å². The van der Waals surface area contributed by atoms with Crippen LogP contribution < -0.4 is 29.6 Å².